The minimum Gasteiger partial charge on any atom is -0.308 e. The molecule has 2 aromatic rings. The van der Waals surface area contributed by atoms with Gasteiger partial charge in [-0.05, 0) is 56.2 Å². The molecule has 0 spiro atoms. The summed E-state index contributed by atoms with van der Waals surface area (Å²) < 4.78 is 1.13. The molecule has 1 N–H and O–H groups in total. The molecule has 0 aliphatic heterocycles. The SMILES string of the molecule is CC(C)(C)NCc1ccc(SCc2ccc(Br)cc2)cc1. The summed E-state index contributed by atoms with van der Waals surface area (Å²) in [7, 11) is 0. The Bertz CT molecular complexity index is 555. The zero-order valence-electron chi connectivity index (χ0n) is 12.8. The van der Waals surface area contributed by atoms with Crippen LogP contribution in [0.5, 0.6) is 0 Å². The Labute approximate surface area is 140 Å². The molecule has 21 heavy (non-hydrogen) atoms. The van der Waals surface area contributed by atoms with Crippen molar-refractivity contribution in [2.45, 2.75) is 43.5 Å². The number of rotatable bonds is 5. The highest BCUT2D eigenvalue weighted by atomic mass is 79.9. The van der Waals surface area contributed by atoms with E-state index in [1.54, 1.807) is 0 Å². The van der Waals surface area contributed by atoms with Gasteiger partial charge >= 0.3 is 0 Å². The van der Waals surface area contributed by atoms with Crippen LogP contribution in [0.4, 0.5) is 0 Å². The van der Waals surface area contributed by atoms with Crippen LogP contribution in [0.25, 0.3) is 0 Å². The molecule has 0 radical (unpaired) electrons. The van der Waals surface area contributed by atoms with Crippen molar-refractivity contribution in [2.75, 3.05) is 0 Å². The van der Waals surface area contributed by atoms with Crippen molar-refractivity contribution in [3.05, 3.63) is 64.1 Å². The lowest BCUT2D eigenvalue weighted by Gasteiger charge is -2.20. The van der Waals surface area contributed by atoms with Gasteiger partial charge in [-0.1, -0.05) is 40.2 Å². The number of hydrogen-bond donors (Lipinski definition) is 1. The van der Waals surface area contributed by atoms with E-state index in [4.69, 9.17) is 0 Å². The molecule has 112 valence electrons. The van der Waals surface area contributed by atoms with Gasteiger partial charge < -0.3 is 5.32 Å². The first-order chi connectivity index (χ1) is 9.92. The second-order valence-corrected chi connectivity index (χ2v) is 8.13. The summed E-state index contributed by atoms with van der Waals surface area (Å²) in [6, 6.07) is 17.4. The second-order valence-electron chi connectivity index (χ2n) is 6.16. The van der Waals surface area contributed by atoms with Gasteiger partial charge in [0.15, 0.2) is 0 Å². The molecule has 0 aliphatic carbocycles. The lowest BCUT2D eigenvalue weighted by Crippen LogP contribution is -2.35. The average Bonchev–Trinajstić information content (AvgIpc) is 2.45. The topological polar surface area (TPSA) is 12.0 Å². The van der Waals surface area contributed by atoms with E-state index < -0.39 is 0 Å². The first-order valence-corrected chi connectivity index (χ1v) is 8.91. The van der Waals surface area contributed by atoms with E-state index >= 15 is 0 Å². The maximum atomic E-state index is 3.51. The van der Waals surface area contributed by atoms with Crippen molar-refractivity contribution >= 4 is 27.7 Å². The summed E-state index contributed by atoms with van der Waals surface area (Å²) in [5.41, 5.74) is 2.84. The Kier molecular flexibility index (Phi) is 5.91. The van der Waals surface area contributed by atoms with Crippen molar-refractivity contribution in [1.29, 1.82) is 0 Å². The van der Waals surface area contributed by atoms with E-state index in [9.17, 15) is 0 Å². The zero-order valence-corrected chi connectivity index (χ0v) is 15.2. The summed E-state index contributed by atoms with van der Waals surface area (Å²) in [6.07, 6.45) is 0. The number of nitrogens with one attached hydrogen (secondary N) is 1. The van der Waals surface area contributed by atoms with Crippen LogP contribution < -0.4 is 5.32 Å². The quantitative estimate of drug-likeness (QED) is 0.690. The van der Waals surface area contributed by atoms with Gasteiger partial charge in [-0.2, -0.15) is 0 Å². The fourth-order valence-electron chi connectivity index (χ4n) is 1.82. The third-order valence-electron chi connectivity index (χ3n) is 3.06. The fourth-order valence-corrected chi connectivity index (χ4v) is 2.94. The monoisotopic (exact) mass is 363 g/mol. The van der Waals surface area contributed by atoms with Gasteiger partial charge in [0.05, 0.1) is 0 Å². The minimum atomic E-state index is 0.162. The third kappa shape index (κ3) is 6.25. The summed E-state index contributed by atoms with van der Waals surface area (Å²) >= 11 is 5.34. The fraction of sp³-hybridized carbons (Fsp3) is 0.333. The maximum Gasteiger partial charge on any atom is 0.0232 e. The lowest BCUT2D eigenvalue weighted by molar-refractivity contribution is 0.424. The predicted octanol–water partition coefficient (Wildman–Crippen LogP) is 5.63. The molecule has 0 unspecified atom stereocenters. The van der Waals surface area contributed by atoms with E-state index in [0.29, 0.717) is 0 Å². The highest BCUT2D eigenvalue weighted by Gasteiger charge is 2.08. The molecule has 2 rings (SSSR count). The Hall–Kier alpha value is -0.770. The second kappa shape index (κ2) is 7.48. The van der Waals surface area contributed by atoms with Gasteiger partial charge in [0.2, 0.25) is 0 Å². The van der Waals surface area contributed by atoms with Crippen molar-refractivity contribution in [3.8, 4) is 0 Å². The van der Waals surface area contributed by atoms with Crippen LogP contribution in [0.1, 0.15) is 31.9 Å². The summed E-state index contributed by atoms with van der Waals surface area (Å²) in [4.78, 5) is 1.32. The standard InChI is InChI=1S/C18H22BrNS/c1-18(2,3)20-12-14-6-10-17(11-7-14)21-13-15-4-8-16(19)9-5-15/h4-11,20H,12-13H2,1-3H3. The Balaban J connectivity index is 1.86. The lowest BCUT2D eigenvalue weighted by atomic mass is 10.1. The molecule has 1 nitrogen and oxygen atoms in total. The molecule has 0 amide bonds. The van der Waals surface area contributed by atoms with Gasteiger partial charge in [0, 0.05) is 27.2 Å². The van der Waals surface area contributed by atoms with Crippen LogP contribution >= 0.6 is 27.7 Å². The highest BCUT2D eigenvalue weighted by Crippen LogP contribution is 2.24. The molecule has 3 heteroatoms. The molecule has 0 saturated carbocycles. The maximum absolute atomic E-state index is 3.51. The Morgan fingerprint density at radius 1 is 0.905 bits per heavy atom. The van der Waals surface area contributed by atoms with Gasteiger partial charge in [-0.25, -0.2) is 0 Å². The molecular formula is C18H22BrNS. The van der Waals surface area contributed by atoms with Crippen molar-refractivity contribution in [2.24, 2.45) is 0 Å². The molecule has 0 saturated heterocycles. The molecule has 0 fully saturated rings. The number of hydrogen-bond acceptors (Lipinski definition) is 2. The van der Waals surface area contributed by atoms with Gasteiger partial charge in [0.1, 0.15) is 0 Å². The summed E-state index contributed by atoms with van der Waals surface area (Å²) in [6.45, 7) is 7.49. The van der Waals surface area contributed by atoms with E-state index in [1.807, 2.05) is 11.8 Å². The van der Waals surface area contributed by atoms with Gasteiger partial charge in [-0.15, -0.1) is 11.8 Å². The molecule has 0 bridgehead atoms. The molecule has 0 aromatic heterocycles. The van der Waals surface area contributed by atoms with Crippen LogP contribution in [0, 0.1) is 0 Å². The molecule has 0 atom stereocenters. The van der Waals surface area contributed by atoms with Gasteiger partial charge in [0.25, 0.3) is 0 Å². The zero-order chi connectivity index (χ0) is 15.3. The average molecular weight is 364 g/mol. The number of halogens is 1. The number of benzene rings is 2. The normalized spacial score (nSPS) is 11.6. The van der Waals surface area contributed by atoms with Crippen LogP contribution in [0.15, 0.2) is 57.9 Å². The summed E-state index contributed by atoms with van der Waals surface area (Å²) in [5.74, 6) is 1.01. The van der Waals surface area contributed by atoms with Gasteiger partial charge in [-0.3, -0.25) is 0 Å². The smallest absolute Gasteiger partial charge is 0.0232 e. The van der Waals surface area contributed by atoms with E-state index in [-0.39, 0.29) is 5.54 Å². The first-order valence-electron chi connectivity index (χ1n) is 7.14. The Morgan fingerprint density at radius 2 is 1.48 bits per heavy atom. The predicted molar refractivity (Wildman–Crippen MR) is 96.7 cm³/mol. The molecule has 2 aromatic carbocycles. The van der Waals surface area contributed by atoms with E-state index in [1.165, 1.54) is 16.0 Å². The van der Waals surface area contributed by atoms with E-state index in [0.717, 1.165) is 16.8 Å². The van der Waals surface area contributed by atoms with Crippen LogP contribution in [-0.4, -0.2) is 5.54 Å². The largest absolute Gasteiger partial charge is 0.308 e. The van der Waals surface area contributed by atoms with Crippen LogP contribution in [0.2, 0.25) is 0 Å². The minimum absolute atomic E-state index is 0.162. The van der Waals surface area contributed by atoms with Crippen molar-refractivity contribution in [3.63, 3.8) is 0 Å². The number of thioether (sulfide) groups is 1. The molecule has 0 aliphatic rings. The van der Waals surface area contributed by atoms with Crippen molar-refractivity contribution in [1.82, 2.24) is 5.32 Å². The first kappa shape index (κ1) is 16.6. The van der Waals surface area contributed by atoms with Crippen molar-refractivity contribution < 1.29 is 0 Å². The van der Waals surface area contributed by atoms with Crippen LogP contribution in [-0.2, 0) is 12.3 Å². The van der Waals surface area contributed by atoms with Crippen LogP contribution in [0.3, 0.4) is 0 Å². The molecular weight excluding hydrogens is 342 g/mol. The summed E-state index contributed by atoms with van der Waals surface area (Å²) in [5, 5.41) is 3.51. The van der Waals surface area contributed by atoms with E-state index in [2.05, 4.69) is 90.5 Å². The Morgan fingerprint density at radius 3 is 2.05 bits per heavy atom. The third-order valence-corrected chi connectivity index (χ3v) is 4.68. The molecule has 0 heterocycles. The highest BCUT2D eigenvalue weighted by molar-refractivity contribution is 9.10.